The second kappa shape index (κ2) is 8.99. The van der Waals surface area contributed by atoms with Gasteiger partial charge in [-0.3, -0.25) is 4.79 Å². The summed E-state index contributed by atoms with van der Waals surface area (Å²) in [5.74, 6) is 0.596. The number of carbonyl (C=O) groups excluding carboxylic acids is 1. The fraction of sp³-hybridized carbons (Fsp3) is 0.533. The topological polar surface area (TPSA) is 32.3 Å². The highest BCUT2D eigenvalue weighted by Crippen LogP contribution is 2.17. The van der Waals surface area contributed by atoms with E-state index in [4.69, 9.17) is 0 Å². The Morgan fingerprint density at radius 2 is 1.84 bits per heavy atom. The van der Waals surface area contributed by atoms with Crippen molar-refractivity contribution in [1.29, 1.82) is 0 Å². The summed E-state index contributed by atoms with van der Waals surface area (Å²) in [4.78, 5) is 15.1. The quantitative estimate of drug-likeness (QED) is 0.743. The number of nitrogens with one attached hydrogen (secondary N) is 1. The van der Waals surface area contributed by atoms with Gasteiger partial charge in [-0.25, -0.2) is 0 Å². The Bertz CT molecular complexity index is 374. The molecule has 106 valence electrons. The molecule has 0 radical (unpaired) electrons. The van der Waals surface area contributed by atoms with Crippen molar-refractivity contribution < 1.29 is 4.79 Å². The van der Waals surface area contributed by atoms with Crippen LogP contribution in [-0.2, 0) is 4.79 Å². The Kier molecular flexibility index (Phi) is 7.60. The van der Waals surface area contributed by atoms with Gasteiger partial charge in [0.05, 0.1) is 5.75 Å². The SMILES string of the molecule is CCN(CC)CCNC(=O)CSc1ccc(C)cc1. The molecule has 19 heavy (non-hydrogen) atoms. The summed E-state index contributed by atoms with van der Waals surface area (Å²) in [6.45, 7) is 10.1. The third-order valence-corrected chi connectivity index (χ3v) is 4.05. The smallest absolute Gasteiger partial charge is 0.230 e. The molecule has 0 aliphatic heterocycles. The number of benzene rings is 1. The largest absolute Gasteiger partial charge is 0.354 e. The standard InChI is InChI=1S/C15H24N2OS/c1-4-17(5-2)11-10-16-15(18)12-19-14-8-6-13(3)7-9-14/h6-9H,4-5,10-12H2,1-3H3,(H,16,18). The van der Waals surface area contributed by atoms with E-state index in [0.717, 1.165) is 31.1 Å². The van der Waals surface area contributed by atoms with Gasteiger partial charge in [0.15, 0.2) is 0 Å². The lowest BCUT2D eigenvalue weighted by Gasteiger charge is -2.17. The number of likely N-dealkylation sites (N-methyl/N-ethyl adjacent to an activating group) is 1. The number of hydrogen-bond acceptors (Lipinski definition) is 3. The zero-order valence-electron chi connectivity index (χ0n) is 12.1. The predicted molar refractivity (Wildman–Crippen MR) is 82.7 cm³/mol. The highest BCUT2D eigenvalue weighted by molar-refractivity contribution is 8.00. The number of thioether (sulfide) groups is 1. The zero-order chi connectivity index (χ0) is 14.1. The number of nitrogens with zero attached hydrogens (tertiary/aromatic N) is 1. The minimum atomic E-state index is 0.109. The highest BCUT2D eigenvalue weighted by Gasteiger charge is 2.03. The van der Waals surface area contributed by atoms with E-state index in [2.05, 4.69) is 55.3 Å². The van der Waals surface area contributed by atoms with E-state index in [-0.39, 0.29) is 5.91 Å². The Morgan fingerprint density at radius 1 is 1.21 bits per heavy atom. The first-order valence-corrected chi connectivity index (χ1v) is 7.82. The summed E-state index contributed by atoms with van der Waals surface area (Å²) in [6.07, 6.45) is 0. The molecule has 0 saturated carbocycles. The maximum absolute atomic E-state index is 11.7. The van der Waals surface area contributed by atoms with E-state index in [1.54, 1.807) is 11.8 Å². The summed E-state index contributed by atoms with van der Waals surface area (Å²) in [6, 6.07) is 8.26. The molecule has 3 nitrogen and oxygen atoms in total. The van der Waals surface area contributed by atoms with Gasteiger partial charge in [-0.2, -0.15) is 0 Å². The van der Waals surface area contributed by atoms with Crippen LogP contribution in [0.5, 0.6) is 0 Å². The van der Waals surface area contributed by atoms with Gasteiger partial charge in [-0.1, -0.05) is 31.5 Å². The van der Waals surface area contributed by atoms with Crippen molar-refractivity contribution in [2.75, 3.05) is 31.9 Å². The molecular weight excluding hydrogens is 256 g/mol. The second-order valence-electron chi connectivity index (χ2n) is 4.48. The van der Waals surface area contributed by atoms with Crippen molar-refractivity contribution >= 4 is 17.7 Å². The van der Waals surface area contributed by atoms with Gasteiger partial charge in [0.1, 0.15) is 0 Å². The van der Waals surface area contributed by atoms with Crippen molar-refractivity contribution in [3.8, 4) is 0 Å². The van der Waals surface area contributed by atoms with E-state index < -0.39 is 0 Å². The molecule has 1 amide bonds. The molecule has 0 spiro atoms. The van der Waals surface area contributed by atoms with Crippen LogP contribution in [0.15, 0.2) is 29.2 Å². The Hall–Kier alpha value is -1.00. The Morgan fingerprint density at radius 3 is 2.42 bits per heavy atom. The molecule has 0 unspecified atom stereocenters. The van der Waals surface area contributed by atoms with Crippen molar-refractivity contribution in [3.63, 3.8) is 0 Å². The van der Waals surface area contributed by atoms with Gasteiger partial charge in [0.2, 0.25) is 5.91 Å². The first-order valence-electron chi connectivity index (χ1n) is 6.84. The molecule has 1 N–H and O–H groups in total. The molecule has 1 aromatic carbocycles. The number of aryl methyl sites for hydroxylation is 1. The zero-order valence-corrected chi connectivity index (χ0v) is 12.9. The summed E-state index contributed by atoms with van der Waals surface area (Å²) in [5.41, 5.74) is 1.24. The van der Waals surface area contributed by atoms with Crippen molar-refractivity contribution in [2.24, 2.45) is 0 Å². The van der Waals surface area contributed by atoms with Crippen LogP contribution in [-0.4, -0.2) is 42.7 Å². The number of amides is 1. The van der Waals surface area contributed by atoms with Crippen LogP contribution in [0.2, 0.25) is 0 Å². The van der Waals surface area contributed by atoms with Gasteiger partial charge in [-0.15, -0.1) is 11.8 Å². The van der Waals surface area contributed by atoms with Gasteiger partial charge in [-0.05, 0) is 32.1 Å². The highest BCUT2D eigenvalue weighted by atomic mass is 32.2. The van der Waals surface area contributed by atoms with E-state index >= 15 is 0 Å². The van der Waals surface area contributed by atoms with Crippen LogP contribution in [0.25, 0.3) is 0 Å². The predicted octanol–water partition coefficient (Wildman–Crippen LogP) is 2.55. The van der Waals surface area contributed by atoms with E-state index in [0.29, 0.717) is 5.75 Å². The molecule has 0 atom stereocenters. The molecule has 0 fully saturated rings. The van der Waals surface area contributed by atoms with Crippen molar-refractivity contribution in [3.05, 3.63) is 29.8 Å². The Balaban J connectivity index is 2.19. The molecule has 1 aromatic rings. The van der Waals surface area contributed by atoms with Crippen LogP contribution in [0.3, 0.4) is 0 Å². The van der Waals surface area contributed by atoms with Crippen molar-refractivity contribution in [1.82, 2.24) is 10.2 Å². The number of carbonyl (C=O) groups is 1. The summed E-state index contributed by atoms with van der Waals surface area (Å²) >= 11 is 1.58. The first kappa shape index (κ1) is 16.1. The molecular formula is C15H24N2OS. The minimum absolute atomic E-state index is 0.109. The monoisotopic (exact) mass is 280 g/mol. The van der Waals surface area contributed by atoms with Crippen LogP contribution < -0.4 is 5.32 Å². The van der Waals surface area contributed by atoms with E-state index in [1.807, 2.05) is 0 Å². The lowest BCUT2D eigenvalue weighted by Crippen LogP contribution is -2.35. The van der Waals surface area contributed by atoms with Gasteiger partial charge >= 0.3 is 0 Å². The molecule has 0 aliphatic rings. The molecule has 0 saturated heterocycles. The van der Waals surface area contributed by atoms with E-state index in [1.165, 1.54) is 5.56 Å². The first-order chi connectivity index (χ1) is 9.15. The number of rotatable bonds is 8. The van der Waals surface area contributed by atoms with Crippen LogP contribution in [0.4, 0.5) is 0 Å². The average Bonchev–Trinajstić information content (AvgIpc) is 2.43. The minimum Gasteiger partial charge on any atom is -0.354 e. The van der Waals surface area contributed by atoms with Crippen LogP contribution in [0, 0.1) is 6.92 Å². The fourth-order valence-corrected chi connectivity index (χ4v) is 2.46. The maximum Gasteiger partial charge on any atom is 0.230 e. The maximum atomic E-state index is 11.7. The third kappa shape index (κ3) is 6.64. The molecule has 0 bridgehead atoms. The van der Waals surface area contributed by atoms with Crippen molar-refractivity contribution in [2.45, 2.75) is 25.7 Å². The molecule has 0 heterocycles. The Labute approximate surface area is 120 Å². The summed E-state index contributed by atoms with van der Waals surface area (Å²) in [7, 11) is 0. The summed E-state index contributed by atoms with van der Waals surface area (Å²) in [5, 5.41) is 2.96. The normalized spacial score (nSPS) is 10.7. The number of hydrogen-bond donors (Lipinski definition) is 1. The van der Waals surface area contributed by atoms with Gasteiger partial charge < -0.3 is 10.2 Å². The second-order valence-corrected chi connectivity index (χ2v) is 5.53. The third-order valence-electron chi connectivity index (χ3n) is 3.04. The average molecular weight is 280 g/mol. The lowest BCUT2D eigenvalue weighted by atomic mass is 10.2. The van der Waals surface area contributed by atoms with Crippen LogP contribution in [0.1, 0.15) is 19.4 Å². The van der Waals surface area contributed by atoms with Gasteiger partial charge in [0.25, 0.3) is 0 Å². The fourth-order valence-electron chi connectivity index (χ4n) is 1.73. The van der Waals surface area contributed by atoms with Gasteiger partial charge in [0, 0.05) is 18.0 Å². The molecule has 1 rings (SSSR count). The molecule has 0 aliphatic carbocycles. The summed E-state index contributed by atoms with van der Waals surface area (Å²) < 4.78 is 0. The van der Waals surface area contributed by atoms with E-state index in [9.17, 15) is 4.79 Å². The molecule has 4 heteroatoms. The lowest BCUT2D eigenvalue weighted by molar-refractivity contribution is -0.118. The van der Waals surface area contributed by atoms with Crippen LogP contribution >= 0.6 is 11.8 Å². The molecule has 0 aromatic heterocycles.